The van der Waals surface area contributed by atoms with Crippen molar-refractivity contribution in [2.45, 2.75) is 13.3 Å². The molecule has 35 heavy (non-hydrogen) atoms. The van der Waals surface area contributed by atoms with E-state index in [1.54, 1.807) is 36.4 Å². The summed E-state index contributed by atoms with van der Waals surface area (Å²) < 4.78 is 15.6. The average Bonchev–Trinajstić information content (AvgIpc) is 3.47. The summed E-state index contributed by atoms with van der Waals surface area (Å²) >= 11 is 0. The van der Waals surface area contributed by atoms with Gasteiger partial charge in [0, 0.05) is 5.56 Å². The van der Waals surface area contributed by atoms with Crippen molar-refractivity contribution in [3.8, 4) is 11.3 Å². The molecule has 0 saturated carbocycles. The van der Waals surface area contributed by atoms with Gasteiger partial charge in [0.15, 0.2) is 0 Å². The molecule has 0 spiro atoms. The van der Waals surface area contributed by atoms with Gasteiger partial charge >= 0.3 is 11.9 Å². The van der Waals surface area contributed by atoms with Gasteiger partial charge in [-0.3, -0.25) is 15.0 Å². The molecule has 0 aliphatic carbocycles. The van der Waals surface area contributed by atoms with E-state index < -0.39 is 23.8 Å². The third-order valence-electron chi connectivity index (χ3n) is 5.17. The third kappa shape index (κ3) is 4.98. The predicted molar refractivity (Wildman–Crippen MR) is 126 cm³/mol. The molecule has 2 amide bonds. The molecule has 0 unspecified atom stereocenters. The van der Waals surface area contributed by atoms with Crippen molar-refractivity contribution in [2.24, 2.45) is 0 Å². The Morgan fingerprint density at radius 1 is 1.00 bits per heavy atom. The molecule has 3 aromatic rings. The van der Waals surface area contributed by atoms with Crippen LogP contribution in [0.2, 0.25) is 0 Å². The summed E-state index contributed by atoms with van der Waals surface area (Å²) in [4.78, 5) is 49.1. The number of ether oxygens (including phenoxy) is 2. The van der Waals surface area contributed by atoms with Crippen molar-refractivity contribution in [1.29, 1.82) is 0 Å². The van der Waals surface area contributed by atoms with Gasteiger partial charge < -0.3 is 13.9 Å². The minimum absolute atomic E-state index is 0.111. The molecule has 0 atom stereocenters. The highest BCUT2D eigenvalue weighted by atomic mass is 16.5. The van der Waals surface area contributed by atoms with Crippen LogP contribution >= 0.6 is 0 Å². The number of methoxy groups -OCH3 is 1. The Morgan fingerprint density at radius 3 is 2.49 bits per heavy atom. The number of nitrogens with one attached hydrogen (secondary N) is 1. The van der Waals surface area contributed by atoms with Crippen LogP contribution in [0.4, 0.5) is 5.69 Å². The topological polar surface area (TPSA) is 115 Å². The minimum atomic E-state index is -0.592. The van der Waals surface area contributed by atoms with E-state index >= 15 is 0 Å². The molecule has 9 heteroatoms. The number of amides is 2. The van der Waals surface area contributed by atoms with E-state index in [4.69, 9.17) is 9.15 Å². The lowest BCUT2D eigenvalue weighted by atomic mass is 10.1. The number of carbonyl (C=O) groups excluding carboxylic acids is 4. The van der Waals surface area contributed by atoms with Gasteiger partial charge in [0.25, 0.3) is 11.8 Å². The first-order valence-electron chi connectivity index (χ1n) is 10.8. The number of benzene rings is 2. The second kappa shape index (κ2) is 10.1. The zero-order valence-electron chi connectivity index (χ0n) is 19.1. The highest BCUT2D eigenvalue weighted by Gasteiger charge is 2.34. The Labute approximate surface area is 200 Å². The number of furan rings is 1. The van der Waals surface area contributed by atoms with Crippen LogP contribution < -0.4 is 10.4 Å². The fourth-order valence-electron chi connectivity index (χ4n) is 3.41. The van der Waals surface area contributed by atoms with Crippen LogP contribution in [0, 0.1) is 0 Å². The fraction of sp³-hybridized carbons (Fsp3) is 0.154. The molecule has 0 bridgehead atoms. The van der Waals surface area contributed by atoms with Gasteiger partial charge in [0.1, 0.15) is 17.1 Å². The maximum atomic E-state index is 12.9. The SMILES string of the molecule is CCCOC(=O)c1cccc(-c2ccc(C=C3C(=O)NN(c4ccc(C(=O)OC)cc4)C3=O)o2)c1. The van der Waals surface area contributed by atoms with Crippen molar-refractivity contribution in [2.75, 3.05) is 18.7 Å². The summed E-state index contributed by atoms with van der Waals surface area (Å²) in [5.74, 6) is -1.34. The van der Waals surface area contributed by atoms with Crippen LogP contribution in [0.3, 0.4) is 0 Å². The lowest BCUT2D eigenvalue weighted by molar-refractivity contribution is -0.117. The van der Waals surface area contributed by atoms with E-state index in [2.05, 4.69) is 10.2 Å². The maximum Gasteiger partial charge on any atom is 0.338 e. The molecule has 178 valence electrons. The van der Waals surface area contributed by atoms with Crippen molar-refractivity contribution < 1.29 is 33.1 Å². The number of hydrogen-bond acceptors (Lipinski definition) is 7. The van der Waals surface area contributed by atoms with Gasteiger partial charge in [-0.25, -0.2) is 14.6 Å². The quantitative estimate of drug-likeness (QED) is 0.315. The van der Waals surface area contributed by atoms with Crippen LogP contribution in [0.25, 0.3) is 17.4 Å². The van der Waals surface area contributed by atoms with Gasteiger partial charge in [0.2, 0.25) is 0 Å². The summed E-state index contributed by atoms with van der Waals surface area (Å²) in [5, 5.41) is 1.09. The summed E-state index contributed by atoms with van der Waals surface area (Å²) in [7, 11) is 1.27. The number of carbonyl (C=O) groups is 4. The van der Waals surface area contributed by atoms with Crippen LogP contribution in [0.5, 0.6) is 0 Å². The molecule has 2 heterocycles. The van der Waals surface area contributed by atoms with E-state index in [-0.39, 0.29) is 5.57 Å². The zero-order valence-corrected chi connectivity index (χ0v) is 19.1. The second-order valence-electron chi connectivity index (χ2n) is 7.60. The lowest BCUT2D eigenvalue weighted by Crippen LogP contribution is -2.35. The average molecular weight is 474 g/mol. The molecule has 4 rings (SSSR count). The summed E-state index contributed by atoms with van der Waals surface area (Å²) in [5.41, 5.74) is 4.12. The van der Waals surface area contributed by atoms with Gasteiger partial charge in [-0.05, 0) is 61.0 Å². The van der Waals surface area contributed by atoms with Crippen LogP contribution in [0.1, 0.15) is 39.8 Å². The molecule has 1 saturated heterocycles. The van der Waals surface area contributed by atoms with Crippen LogP contribution in [0.15, 0.2) is 70.7 Å². The molecule has 1 N–H and O–H groups in total. The molecule has 0 radical (unpaired) electrons. The first kappa shape index (κ1) is 23.5. The molecule has 1 fully saturated rings. The highest BCUT2D eigenvalue weighted by molar-refractivity contribution is 6.31. The first-order valence-corrected chi connectivity index (χ1v) is 10.8. The predicted octanol–water partition coefficient (Wildman–Crippen LogP) is 3.76. The molecule has 9 nitrogen and oxygen atoms in total. The summed E-state index contributed by atoms with van der Waals surface area (Å²) in [6.07, 6.45) is 2.08. The van der Waals surface area contributed by atoms with E-state index in [9.17, 15) is 19.2 Å². The Bertz CT molecular complexity index is 1320. The molecular formula is C26H22N2O7. The van der Waals surface area contributed by atoms with E-state index in [0.717, 1.165) is 11.4 Å². The Balaban J connectivity index is 1.53. The van der Waals surface area contributed by atoms with E-state index in [0.29, 0.717) is 40.5 Å². The number of anilines is 1. The Morgan fingerprint density at radius 2 is 1.77 bits per heavy atom. The van der Waals surface area contributed by atoms with Crippen LogP contribution in [-0.2, 0) is 19.1 Å². The smallest absolute Gasteiger partial charge is 0.338 e. The van der Waals surface area contributed by atoms with Crippen molar-refractivity contribution in [3.05, 3.63) is 83.1 Å². The van der Waals surface area contributed by atoms with Crippen LogP contribution in [-0.4, -0.2) is 37.5 Å². The number of hydrogen-bond donors (Lipinski definition) is 1. The summed E-state index contributed by atoms with van der Waals surface area (Å²) in [6.45, 7) is 2.25. The van der Waals surface area contributed by atoms with Gasteiger partial charge in [-0.2, -0.15) is 0 Å². The second-order valence-corrected chi connectivity index (χ2v) is 7.60. The number of rotatable bonds is 7. The van der Waals surface area contributed by atoms with Gasteiger partial charge in [0.05, 0.1) is 30.5 Å². The highest BCUT2D eigenvalue weighted by Crippen LogP contribution is 2.27. The maximum absolute atomic E-state index is 12.9. The third-order valence-corrected chi connectivity index (χ3v) is 5.17. The van der Waals surface area contributed by atoms with E-state index in [1.165, 1.54) is 37.5 Å². The molecule has 1 aliphatic rings. The van der Waals surface area contributed by atoms with Crippen molar-refractivity contribution >= 4 is 35.5 Å². The van der Waals surface area contributed by atoms with Gasteiger partial charge in [-0.1, -0.05) is 19.1 Å². The number of esters is 2. The normalized spacial score (nSPS) is 14.2. The molecular weight excluding hydrogens is 452 g/mol. The van der Waals surface area contributed by atoms with E-state index in [1.807, 2.05) is 6.92 Å². The lowest BCUT2D eigenvalue weighted by Gasteiger charge is -2.14. The minimum Gasteiger partial charge on any atom is -0.465 e. The monoisotopic (exact) mass is 474 g/mol. The zero-order chi connectivity index (χ0) is 24.9. The number of nitrogens with zero attached hydrogens (tertiary/aromatic N) is 1. The van der Waals surface area contributed by atoms with Crippen molar-refractivity contribution in [1.82, 2.24) is 5.43 Å². The van der Waals surface area contributed by atoms with Gasteiger partial charge in [-0.15, -0.1) is 0 Å². The Hall–Kier alpha value is -4.66. The molecule has 1 aliphatic heterocycles. The fourth-order valence-corrected chi connectivity index (χ4v) is 3.41. The standard InChI is InChI=1S/C26H22N2O7/c1-3-13-34-26(32)18-6-4-5-17(14-18)22-12-11-20(35-22)15-21-23(29)27-28(24(21)30)19-9-7-16(8-10-19)25(31)33-2/h4-12,14-15H,3,13H2,1-2H3,(H,27,29). The van der Waals surface area contributed by atoms with Crippen molar-refractivity contribution in [3.63, 3.8) is 0 Å². The molecule has 1 aromatic heterocycles. The largest absolute Gasteiger partial charge is 0.465 e. The molecule has 2 aromatic carbocycles. The first-order chi connectivity index (χ1) is 16.9. The number of hydrazine groups is 1. The summed E-state index contributed by atoms with van der Waals surface area (Å²) in [6, 6.07) is 16.1. The Kier molecular flexibility index (Phi) is 6.77.